The SMILES string of the molecule is COc1cc(F)c(C(=O)N2CCC(N3CCNCC3)C2)cc1OC.Cl. The summed E-state index contributed by atoms with van der Waals surface area (Å²) in [6.07, 6.45) is 0.931. The predicted molar refractivity (Wildman–Crippen MR) is 95.5 cm³/mol. The van der Waals surface area contributed by atoms with Crippen LogP contribution in [0.2, 0.25) is 0 Å². The molecule has 1 amide bonds. The molecule has 0 radical (unpaired) electrons. The Morgan fingerprint density at radius 2 is 1.80 bits per heavy atom. The number of piperazine rings is 1. The molecule has 8 heteroatoms. The second kappa shape index (κ2) is 8.69. The van der Waals surface area contributed by atoms with Crippen molar-refractivity contribution < 1.29 is 18.7 Å². The molecule has 0 bridgehead atoms. The third-order valence-electron chi connectivity index (χ3n) is 4.82. The quantitative estimate of drug-likeness (QED) is 0.864. The number of amides is 1. The molecule has 2 aliphatic heterocycles. The maximum absolute atomic E-state index is 14.3. The molecule has 2 fully saturated rings. The maximum atomic E-state index is 14.3. The van der Waals surface area contributed by atoms with Gasteiger partial charge in [-0.1, -0.05) is 0 Å². The Kier molecular flexibility index (Phi) is 6.87. The zero-order valence-corrected chi connectivity index (χ0v) is 15.4. The molecular formula is C17H25ClFN3O3. The van der Waals surface area contributed by atoms with Gasteiger partial charge in [0.25, 0.3) is 5.91 Å². The average molecular weight is 374 g/mol. The molecule has 1 aromatic rings. The van der Waals surface area contributed by atoms with Crippen LogP contribution in [0.25, 0.3) is 0 Å². The number of benzene rings is 1. The molecule has 2 aliphatic rings. The zero-order valence-electron chi connectivity index (χ0n) is 14.6. The van der Waals surface area contributed by atoms with Crippen molar-refractivity contribution in [3.63, 3.8) is 0 Å². The lowest BCUT2D eigenvalue weighted by atomic mass is 10.1. The predicted octanol–water partition coefficient (Wildman–Crippen LogP) is 1.38. The van der Waals surface area contributed by atoms with E-state index >= 15 is 0 Å². The standard InChI is InChI=1S/C17H24FN3O3.ClH/c1-23-15-9-13(14(18)10-16(15)24-2)17(22)21-6-3-12(11-21)20-7-4-19-5-8-20;/h9-10,12,19H,3-8,11H2,1-2H3;1H. The van der Waals surface area contributed by atoms with E-state index in [9.17, 15) is 9.18 Å². The summed E-state index contributed by atoms with van der Waals surface area (Å²) in [4.78, 5) is 16.9. The number of carbonyl (C=O) groups excluding carboxylic acids is 1. The van der Waals surface area contributed by atoms with Crippen LogP contribution in [0.3, 0.4) is 0 Å². The normalized spacial score (nSPS) is 20.9. The third kappa shape index (κ3) is 4.16. The number of nitrogens with zero attached hydrogens (tertiary/aromatic N) is 2. The summed E-state index contributed by atoms with van der Waals surface area (Å²) >= 11 is 0. The molecule has 6 nitrogen and oxygen atoms in total. The van der Waals surface area contributed by atoms with Crippen LogP contribution in [0.15, 0.2) is 12.1 Å². The minimum absolute atomic E-state index is 0. The molecular weight excluding hydrogens is 349 g/mol. The van der Waals surface area contributed by atoms with E-state index in [4.69, 9.17) is 9.47 Å². The minimum atomic E-state index is -0.580. The monoisotopic (exact) mass is 373 g/mol. The Labute approximate surface area is 153 Å². The lowest BCUT2D eigenvalue weighted by Crippen LogP contribution is -2.49. The lowest BCUT2D eigenvalue weighted by molar-refractivity contribution is 0.0768. The Morgan fingerprint density at radius 1 is 1.16 bits per heavy atom. The van der Waals surface area contributed by atoms with E-state index in [2.05, 4.69) is 10.2 Å². The average Bonchev–Trinajstić information content (AvgIpc) is 3.11. The van der Waals surface area contributed by atoms with Gasteiger partial charge in [0.15, 0.2) is 11.5 Å². The molecule has 2 heterocycles. The van der Waals surface area contributed by atoms with Crippen LogP contribution in [0.5, 0.6) is 11.5 Å². The van der Waals surface area contributed by atoms with E-state index in [0.717, 1.165) is 32.6 Å². The van der Waals surface area contributed by atoms with Crippen LogP contribution in [0.4, 0.5) is 4.39 Å². The summed E-state index contributed by atoms with van der Waals surface area (Å²) in [6.45, 7) is 5.26. The van der Waals surface area contributed by atoms with Gasteiger partial charge in [-0.05, 0) is 12.5 Å². The fraction of sp³-hybridized carbons (Fsp3) is 0.588. The number of hydrogen-bond acceptors (Lipinski definition) is 5. The number of rotatable bonds is 4. The highest BCUT2D eigenvalue weighted by molar-refractivity contribution is 5.95. The molecule has 140 valence electrons. The van der Waals surface area contributed by atoms with Gasteiger partial charge in [-0.25, -0.2) is 4.39 Å². The van der Waals surface area contributed by atoms with Gasteiger partial charge in [0.2, 0.25) is 0 Å². The van der Waals surface area contributed by atoms with E-state index < -0.39 is 5.82 Å². The summed E-state index contributed by atoms with van der Waals surface area (Å²) in [7, 11) is 2.91. The van der Waals surface area contributed by atoms with Crippen LogP contribution >= 0.6 is 12.4 Å². The number of methoxy groups -OCH3 is 2. The van der Waals surface area contributed by atoms with Gasteiger partial charge in [-0.3, -0.25) is 9.69 Å². The van der Waals surface area contributed by atoms with Gasteiger partial charge in [0, 0.05) is 51.4 Å². The van der Waals surface area contributed by atoms with Crippen molar-refractivity contribution in [1.29, 1.82) is 0 Å². The topological polar surface area (TPSA) is 54.0 Å². The zero-order chi connectivity index (χ0) is 17.1. The highest BCUT2D eigenvalue weighted by Gasteiger charge is 2.32. The first kappa shape index (κ1) is 19.8. The minimum Gasteiger partial charge on any atom is -0.493 e. The molecule has 1 N–H and O–H groups in total. The maximum Gasteiger partial charge on any atom is 0.257 e. The first-order valence-corrected chi connectivity index (χ1v) is 8.29. The van der Waals surface area contributed by atoms with Gasteiger partial charge < -0.3 is 19.7 Å². The number of carbonyl (C=O) groups is 1. The molecule has 0 saturated carbocycles. The van der Waals surface area contributed by atoms with Gasteiger partial charge in [0.1, 0.15) is 5.82 Å². The van der Waals surface area contributed by atoms with Crippen molar-refractivity contribution in [1.82, 2.24) is 15.1 Å². The van der Waals surface area contributed by atoms with Crippen LogP contribution in [-0.2, 0) is 0 Å². The molecule has 1 aromatic carbocycles. The fourth-order valence-corrected chi connectivity index (χ4v) is 3.46. The molecule has 0 spiro atoms. The summed E-state index contributed by atoms with van der Waals surface area (Å²) < 4.78 is 24.6. The molecule has 3 rings (SSSR count). The first-order chi connectivity index (χ1) is 11.6. The summed E-state index contributed by atoms with van der Waals surface area (Å²) in [5.41, 5.74) is 0.0358. The fourth-order valence-electron chi connectivity index (χ4n) is 3.46. The van der Waals surface area contributed by atoms with Crippen LogP contribution in [0, 0.1) is 5.82 Å². The summed E-state index contributed by atoms with van der Waals surface area (Å²) in [6, 6.07) is 2.99. The van der Waals surface area contributed by atoms with Gasteiger partial charge in [0.05, 0.1) is 19.8 Å². The lowest BCUT2D eigenvalue weighted by Gasteiger charge is -2.32. The van der Waals surface area contributed by atoms with Crippen molar-refractivity contribution in [2.75, 3.05) is 53.5 Å². The number of likely N-dealkylation sites (tertiary alicyclic amines) is 1. The third-order valence-corrected chi connectivity index (χ3v) is 4.82. The van der Waals surface area contributed by atoms with Crippen LogP contribution in [-0.4, -0.2) is 75.2 Å². The Morgan fingerprint density at radius 3 is 2.44 bits per heavy atom. The van der Waals surface area contributed by atoms with Crippen molar-refractivity contribution in [3.8, 4) is 11.5 Å². The van der Waals surface area contributed by atoms with Crippen molar-refractivity contribution in [3.05, 3.63) is 23.5 Å². The van der Waals surface area contributed by atoms with Crippen LogP contribution in [0.1, 0.15) is 16.8 Å². The summed E-state index contributed by atoms with van der Waals surface area (Å²) in [5, 5.41) is 3.33. The van der Waals surface area contributed by atoms with Crippen molar-refractivity contribution in [2.45, 2.75) is 12.5 Å². The smallest absolute Gasteiger partial charge is 0.257 e. The van der Waals surface area contributed by atoms with Crippen LogP contribution < -0.4 is 14.8 Å². The van der Waals surface area contributed by atoms with Gasteiger partial charge in [-0.15, -0.1) is 12.4 Å². The highest BCUT2D eigenvalue weighted by Crippen LogP contribution is 2.31. The van der Waals surface area contributed by atoms with E-state index in [1.165, 1.54) is 26.4 Å². The van der Waals surface area contributed by atoms with Crippen molar-refractivity contribution >= 4 is 18.3 Å². The second-order valence-electron chi connectivity index (χ2n) is 6.17. The Bertz CT molecular complexity index is 611. The summed E-state index contributed by atoms with van der Waals surface area (Å²) in [5.74, 6) is -0.221. The molecule has 0 aliphatic carbocycles. The Hall–Kier alpha value is -1.57. The number of halogens is 2. The molecule has 0 aromatic heterocycles. The van der Waals surface area contributed by atoms with Crippen molar-refractivity contribution in [2.24, 2.45) is 0 Å². The molecule has 1 unspecified atom stereocenters. The van der Waals surface area contributed by atoms with Gasteiger partial charge >= 0.3 is 0 Å². The second-order valence-corrected chi connectivity index (χ2v) is 6.17. The first-order valence-electron chi connectivity index (χ1n) is 8.29. The highest BCUT2D eigenvalue weighted by atomic mass is 35.5. The number of ether oxygens (including phenoxy) is 2. The van der Waals surface area contributed by atoms with Gasteiger partial charge in [-0.2, -0.15) is 0 Å². The molecule has 1 atom stereocenters. The molecule has 25 heavy (non-hydrogen) atoms. The largest absolute Gasteiger partial charge is 0.493 e. The van der Waals surface area contributed by atoms with E-state index in [1.54, 1.807) is 4.90 Å². The number of nitrogens with one attached hydrogen (secondary N) is 1. The van der Waals surface area contributed by atoms with E-state index in [-0.39, 0.29) is 29.6 Å². The number of hydrogen-bond donors (Lipinski definition) is 1. The molecule has 2 saturated heterocycles. The Balaban J connectivity index is 0.00000225. The van der Waals surface area contributed by atoms with E-state index in [0.29, 0.717) is 24.9 Å². The van der Waals surface area contributed by atoms with E-state index in [1.807, 2.05) is 0 Å².